The summed E-state index contributed by atoms with van der Waals surface area (Å²) < 4.78 is 13.2. The molecule has 3 aromatic heterocycles. The molecular formula is C57H35N3O2. The molecule has 0 atom stereocenters. The lowest BCUT2D eigenvalue weighted by Crippen LogP contribution is -2.03. The Morgan fingerprint density at radius 1 is 0.242 bits per heavy atom. The van der Waals surface area contributed by atoms with Crippen molar-refractivity contribution in [3.63, 3.8) is 0 Å². The first-order valence-electron chi connectivity index (χ1n) is 20.8. The van der Waals surface area contributed by atoms with E-state index < -0.39 is 0 Å². The van der Waals surface area contributed by atoms with Crippen LogP contribution in [0.25, 0.3) is 123 Å². The highest BCUT2D eigenvalue weighted by molar-refractivity contribution is 6.11. The highest BCUT2D eigenvalue weighted by Gasteiger charge is 2.26. The number of fused-ring (bicyclic) bond motifs is 6. The van der Waals surface area contributed by atoms with Crippen LogP contribution in [-0.4, -0.2) is 15.0 Å². The summed E-state index contributed by atoms with van der Waals surface area (Å²) in [6.07, 6.45) is 0. The molecule has 12 aromatic rings. The van der Waals surface area contributed by atoms with Gasteiger partial charge < -0.3 is 8.83 Å². The fourth-order valence-corrected chi connectivity index (χ4v) is 8.99. The van der Waals surface area contributed by atoms with Crippen LogP contribution in [0.15, 0.2) is 221 Å². The molecule has 0 saturated carbocycles. The Balaban J connectivity index is 1.21. The first kappa shape index (κ1) is 35.5. The van der Waals surface area contributed by atoms with Gasteiger partial charge in [-0.15, -0.1) is 0 Å². The highest BCUT2D eigenvalue weighted by atomic mass is 16.3. The molecule has 0 aliphatic carbocycles. The van der Waals surface area contributed by atoms with Gasteiger partial charge in [-0.25, -0.2) is 15.0 Å². The Morgan fingerprint density at radius 2 is 0.629 bits per heavy atom. The molecule has 5 nitrogen and oxygen atoms in total. The van der Waals surface area contributed by atoms with Gasteiger partial charge in [0.2, 0.25) is 0 Å². The number of furan rings is 2. The molecule has 0 amide bonds. The van der Waals surface area contributed by atoms with Crippen molar-refractivity contribution >= 4 is 43.9 Å². The van der Waals surface area contributed by atoms with Crippen molar-refractivity contribution in [2.24, 2.45) is 0 Å². The average Bonchev–Trinajstić information content (AvgIpc) is 3.93. The number of hydrogen-bond donors (Lipinski definition) is 0. The van der Waals surface area contributed by atoms with E-state index in [1.54, 1.807) is 0 Å². The second-order valence-corrected chi connectivity index (χ2v) is 15.4. The molecule has 290 valence electrons. The van der Waals surface area contributed by atoms with Gasteiger partial charge in [0.05, 0.1) is 11.1 Å². The molecule has 5 heteroatoms. The molecule has 0 aliphatic heterocycles. The topological polar surface area (TPSA) is 65.0 Å². The van der Waals surface area contributed by atoms with E-state index in [1.165, 1.54) is 0 Å². The summed E-state index contributed by atoms with van der Waals surface area (Å²) in [5, 5.41) is 4.07. The molecule has 3 heterocycles. The Kier molecular flexibility index (Phi) is 8.42. The zero-order valence-corrected chi connectivity index (χ0v) is 33.4. The SMILES string of the molecule is c1ccc(-c2ccccc2-c2c(-c3nc(-c4cccc5c4oc4ccccc45)nc(-c4cccc5c4oc4ccccc45)n3)ccc(-c3ccccc3)c2-c2ccccc2)cc1. The molecule has 0 N–H and O–H groups in total. The van der Waals surface area contributed by atoms with Gasteiger partial charge in [-0.05, 0) is 69.3 Å². The van der Waals surface area contributed by atoms with Crippen molar-refractivity contribution in [3.8, 4) is 78.7 Å². The van der Waals surface area contributed by atoms with Crippen molar-refractivity contribution in [3.05, 3.63) is 212 Å². The van der Waals surface area contributed by atoms with E-state index in [-0.39, 0.29) is 0 Å². The summed E-state index contributed by atoms with van der Waals surface area (Å²) >= 11 is 0. The van der Waals surface area contributed by atoms with Crippen LogP contribution in [0.4, 0.5) is 0 Å². The molecule has 0 radical (unpaired) electrons. The van der Waals surface area contributed by atoms with Gasteiger partial charge in [0.25, 0.3) is 0 Å². The van der Waals surface area contributed by atoms with Gasteiger partial charge in [0.1, 0.15) is 22.3 Å². The van der Waals surface area contributed by atoms with E-state index in [1.807, 2.05) is 60.7 Å². The van der Waals surface area contributed by atoms with Crippen molar-refractivity contribution in [2.45, 2.75) is 0 Å². The first-order chi connectivity index (χ1) is 30.8. The van der Waals surface area contributed by atoms with Gasteiger partial charge in [-0.1, -0.05) is 182 Å². The minimum absolute atomic E-state index is 0.499. The molecule has 62 heavy (non-hydrogen) atoms. The molecule has 0 spiro atoms. The lowest BCUT2D eigenvalue weighted by atomic mass is 9.82. The normalized spacial score (nSPS) is 11.5. The molecule has 9 aromatic carbocycles. The fraction of sp³-hybridized carbons (Fsp3) is 0. The maximum Gasteiger partial charge on any atom is 0.167 e. The number of para-hydroxylation sites is 4. The average molecular weight is 794 g/mol. The van der Waals surface area contributed by atoms with Crippen molar-refractivity contribution in [1.82, 2.24) is 15.0 Å². The van der Waals surface area contributed by atoms with Crippen LogP contribution < -0.4 is 0 Å². The predicted molar refractivity (Wildman–Crippen MR) is 252 cm³/mol. The van der Waals surface area contributed by atoms with Crippen LogP contribution in [0.2, 0.25) is 0 Å². The Morgan fingerprint density at radius 3 is 1.18 bits per heavy atom. The van der Waals surface area contributed by atoms with Crippen LogP contribution in [0.3, 0.4) is 0 Å². The number of aromatic nitrogens is 3. The minimum atomic E-state index is 0.499. The Hall–Kier alpha value is -8.41. The van der Waals surface area contributed by atoms with Crippen molar-refractivity contribution in [1.29, 1.82) is 0 Å². The summed E-state index contributed by atoms with van der Waals surface area (Å²) in [6, 6.07) is 73.5. The van der Waals surface area contributed by atoms with Gasteiger partial charge in [0, 0.05) is 32.7 Å². The highest BCUT2D eigenvalue weighted by Crippen LogP contribution is 2.48. The van der Waals surface area contributed by atoms with Crippen molar-refractivity contribution < 1.29 is 8.83 Å². The summed E-state index contributed by atoms with van der Waals surface area (Å²) in [5.41, 5.74) is 14.1. The van der Waals surface area contributed by atoms with E-state index in [2.05, 4.69) is 152 Å². The van der Waals surface area contributed by atoms with Gasteiger partial charge >= 0.3 is 0 Å². The quantitative estimate of drug-likeness (QED) is 0.161. The zero-order chi connectivity index (χ0) is 41.0. The maximum atomic E-state index is 6.62. The van der Waals surface area contributed by atoms with Crippen LogP contribution in [0, 0.1) is 0 Å². The standard InChI is InChI=1S/C57H35N3O2/c1-4-18-36(19-5-1)39-24-10-11-27-43(39)52-46(35-34-40(37-20-6-2-7-21-37)51(52)38-22-8-3-9-23-38)55-58-56(47-30-16-28-44-41-25-12-14-32-49(41)61-53(44)47)60-57(59-55)48-31-17-29-45-42-26-13-15-33-50(42)62-54(45)48/h1-35H. The third-order valence-electron chi connectivity index (χ3n) is 11.8. The van der Waals surface area contributed by atoms with Crippen LogP contribution in [-0.2, 0) is 0 Å². The summed E-state index contributed by atoms with van der Waals surface area (Å²) in [6.45, 7) is 0. The number of nitrogens with zero attached hydrogens (tertiary/aromatic N) is 3. The molecule has 0 unspecified atom stereocenters. The summed E-state index contributed by atoms with van der Waals surface area (Å²) in [4.78, 5) is 16.2. The second kappa shape index (κ2) is 14.7. The van der Waals surface area contributed by atoms with E-state index in [4.69, 9.17) is 23.8 Å². The largest absolute Gasteiger partial charge is 0.455 e. The number of hydrogen-bond acceptors (Lipinski definition) is 5. The molecule has 0 saturated heterocycles. The monoisotopic (exact) mass is 793 g/mol. The van der Waals surface area contributed by atoms with E-state index in [0.717, 1.165) is 105 Å². The van der Waals surface area contributed by atoms with Crippen LogP contribution in [0.1, 0.15) is 0 Å². The summed E-state index contributed by atoms with van der Waals surface area (Å²) in [7, 11) is 0. The predicted octanol–water partition coefficient (Wildman–Crippen LogP) is 15.3. The smallest absolute Gasteiger partial charge is 0.167 e. The molecule has 0 fully saturated rings. The third-order valence-corrected chi connectivity index (χ3v) is 11.8. The van der Waals surface area contributed by atoms with Gasteiger partial charge in [-0.2, -0.15) is 0 Å². The lowest BCUT2D eigenvalue weighted by molar-refractivity contribution is 0.669. The third kappa shape index (κ3) is 5.90. The summed E-state index contributed by atoms with van der Waals surface area (Å²) in [5.74, 6) is 1.53. The van der Waals surface area contributed by atoms with Crippen molar-refractivity contribution in [2.75, 3.05) is 0 Å². The minimum Gasteiger partial charge on any atom is -0.455 e. The van der Waals surface area contributed by atoms with Gasteiger partial charge in [-0.3, -0.25) is 0 Å². The maximum absolute atomic E-state index is 6.62. The van der Waals surface area contributed by atoms with Crippen LogP contribution >= 0.6 is 0 Å². The molecular weight excluding hydrogens is 759 g/mol. The lowest BCUT2D eigenvalue weighted by Gasteiger charge is -2.22. The molecule has 0 aliphatic rings. The zero-order valence-electron chi connectivity index (χ0n) is 33.4. The molecule has 0 bridgehead atoms. The number of rotatable bonds is 7. The fourth-order valence-electron chi connectivity index (χ4n) is 8.99. The van der Waals surface area contributed by atoms with Gasteiger partial charge in [0.15, 0.2) is 17.5 Å². The Bertz CT molecular complexity index is 3500. The molecule has 12 rings (SSSR count). The van der Waals surface area contributed by atoms with E-state index in [9.17, 15) is 0 Å². The Labute approximate surface area is 357 Å². The second-order valence-electron chi connectivity index (χ2n) is 15.4. The van der Waals surface area contributed by atoms with E-state index in [0.29, 0.717) is 17.5 Å². The first-order valence-corrected chi connectivity index (χ1v) is 20.8. The number of benzene rings is 9. The van der Waals surface area contributed by atoms with E-state index >= 15 is 0 Å². The van der Waals surface area contributed by atoms with Crippen LogP contribution in [0.5, 0.6) is 0 Å².